The van der Waals surface area contributed by atoms with E-state index in [0.29, 0.717) is 35.1 Å². The summed E-state index contributed by atoms with van der Waals surface area (Å²) in [6, 6.07) is 4.49. The summed E-state index contributed by atoms with van der Waals surface area (Å²) in [5.74, 6) is -0.324. The van der Waals surface area contributed by atoms with Crippen molar-refractivity contribution in [1.82, 2.24) is 15.5 Å². The second-order valence-corrected chi connectivity index (χ2v) is 6.89. The van der Waals surface area contributed by atoms with Gasteiger partial charge in [-0.15, -0.1) is 0 Å². The van der Waals surface area contributed by atoms with Crippen LogP contribution in [-0.4, -0.2) is 48.4 Å². The van der Waals surface area contributed by atoms with Crippen LogP contribution in [0.1, 0.15) is 37.0 Å². The first-order valence-electron chi connectivity index (χ1n) is 8.20. The van der Waals surface area contributed by atoms with Gasteiger partial charge in [0.2, 0.25) is 5.91 Å². The normalized spacial score (nSPS) is 18.5. The monoisotopic (exact) mass is 371 g/mol. The Hall–Kier alpha value is -1.30. The Morgan fingerprint density at radius 3 is 2.58 bits per heavy atom. The zero-order chi connectivity index (χ0) is 17.7. The molecule has 2 rings (SSSR count). The Kier molecular flexibility index (Phi) is 6.90. The number of hydrogen-bond acceptors (Lipinski definition) is 3. The zero-order valence-electron chi connectivity index (χ0n) is 13.9. The number of nitrogens with one attached hydrogen (secondary N) is 2. The van der Waals surface area contributed by atoms with Crippen LogP contribution >= 0.6 is 23.2 Å². The molecular weight excluding hydrogens is 349 g/mol. The molecule has 1 heterocycles. The Bertz CT molecular complexity index is 589. The summed E-state index contributed by atoms with van der Waals surface area (Å²) in [4.78, 5) is 26.8. The molecule has 1 unspecified atom stereocenters. The molecule has 0 spiro atoms. The fraction of sp³-hybridized carbons (Fsp3) is 0.529. The van der Waals surface area contributed by atoms with Gasteiger partial charge in [-0.2, -0.15) is 0 Å². The van der Waals surface area contributed by atoms with Gasteiger partial charge in [-0.25, -0.2) is 0 Å². The van der Waals surface area contributed by atoms with Crippen LogP contribution in [0.25, 0.3) is 0 Å². The third kappa shape index (κ3) is 4.85. The third-order valence-electron chi connectivity index (χ3n) is 4.06. The van der Waals surface area contributed by atoms with Crippen molar-refractivity contribution in [3.63, 3.8) is 0 Å². The van der Waals surface area contributed by atoms with E-state index in [-0.39, 0.29) is 17.9 Å². The van der Waals surface area contributed by atoms with Crippen molar-refractivity contribution < 1.29 is 9.59 Å². The van der Waals surface area contributed by atoms with E-state index in [1.54, 1.807) is 23.1 Å². The van der Waals surface area contributed by atoms with E-state index in [0.717, 1.165) is 13.0 Å². The summed E-state index contributed by atoms with van der Waals surface area (Å²) in [7, 11) is 0. The van der Waals surface area contributed by atoms with Crippen molar-refractivity contribution in [3.05, 3.63) is 33.8 Å². The molecule has 2 atom stereocenters. The Balaban J connectivity index is 2.03. The number of nitrogens with zero attached hydrogens (tertiary/aromatic N) is 1. The molecule has 2 amide bonds. The molecule has 0 saturated carbocycles. The highest BCUT2D eigenvalue weighted by Gasteiger charge is 2.34. The average Bonchev–Trinajstić information content (AvgIpc) is 3.00. The van der Waals surface area contributed by atoms with Crippen LogP contribution in [0.5, 0.6) is 0 Å². The van der Waals surface area contributed by atoms with Gasteiger partial charge in [0, 0.05) is 34.7 Å². The molecule has 0 radical (unpaired) electrons. The lowest BCUT2D eigenvalue weighted by atomic mass is 10.1. The lowest BCUT2D eigenvalue weighted by Crippen LogP contribution is -2.48. The highest BCUT2D eigenvalue weighted by molar-refractivity contribution is 6.35. The third-order valence-corrected chi connectivity index (χ3v) is 4.50. The van der Waals surface area contributed by atoms with Gasteiger partial charge in [0.1, 0.15) is 6.04 Å². The van der Waals surface area contributed by atoms with Crippen LogP contribution < -0.4 is 10.6 Å². The summed E-state index contributed by atoms with van der Waals surface area (Å²) < 4.78 is 0. The molecule has 1 aliphatic heterocycles. The minimum Gasteiger partial charge on any atom is -0.353 e. The molecule has 0 aromatic heterocycles. The summed E-state index contributed by atoms with van der Waals surface area (Å²) in [5, 5.41) is 6.98. The molecule has 5 nitrogen and oxygen atoms in total. The molecule has 24 heavy (non-hydrogen) atoms. The van der Waals surface area contributed by atoms with E-state index < -0.39 is 6.04 Å². The topological polar surface area (TPSA) is 61.4 Å². The van der Waals surface area contributed by atoms with Gasteiger partial charge in [0.05, 0.1) is 0 Å². The second kappa shape index (κ2) is 8.70. The van der Waals surface area contributed by atoms with E-state index in [9.17, 15) is 9.59 Å². The largest absolute Gasteiger partial charge is 0.353 e. The van der Waals surface area contributed by atoms with Crippen molar-refractivity contribution in [2.24, 2.45) is 0 Å². The molecule has 7 heteroatoms. The predicted molar refractivity (Wildman–Crippen MR) is 96.7 cm³/mol. The fourth-order valence-corrected chi connectivity index (χ4v) is 3.44. The van der Waals surface area contributed by atoms with Crippen molar-refractivity contribution in [2.75, 3.05) is 19.6 Å². The number of likely N-dealkylation sites (tertiary alicyclic amines) is 1. The lowest BCUT2D eigenvalue weighted by molar-refractivity contribution is -0.124. The predicted octanol–water partition coefficient (Wildman–Crippen LogP) is 2.71. The van der Waals surface area contributed by atoms with E-state index in [2.05, 4.69) is 10.6 Å². The second-order valence-electron chi connectivity index (χ2n) is 6.02. The molecule has 0 aliphatic carbocycles. The first-order valence-corrected chi connectivity index (χ1v) is 8.96. The number of carbonyl (C=O) groups is 2. The lowest BCUT2D eigenvalue weighted by Gasteiger charge is -2.25. The SMILES string of the molecule is CCN[C@H](C)CNC(=O)C1CCCN1C(=O)c1cc(Cl)cc(Cl)c1. The van der Waals surface area contributed by atoms with Crippen LogP contribution in [0.3, 0.4) is 0 Å². The highest BCUT2D eigenvalue weighted by Crippen LogP contribution is 2.24. The van der Waals surface area contributed by atoms with Gasteiger partial charge in [0.25, 0.3) is 5.91 Å². The molecule has 1 aromatic rings. The molecule has 1 saturated heterocycles. The number of carbonyl (C=O) groups excluding carboxylic acids is 2. The zero-order valence-corrected chi connectivity index (χ0v) is 15.5. The van der Waals surface area contributed by atoms with Crippen LogP contribution in [0.4, 0.5) is 0 Å². The number of benzene rings is 1. The summed E-state index contributed by atoms with van der Waals surface area (Å²) in [5.41, 5.74) is 0.410. The standard InChI is InChI=1S/C17H23Cl2N3O2/c1-3-20-11(2)10-21-16(23)15-5-4-6-22(15)17(24)12-7-13(18)9-14(19)8-12/h7-9,11,15,20H,3-6,10H2,1-2H3,(H,21,23)/t11-,15?/m1/s1. The average molecular weight is 372 g/mol. The van der Waals surface area contributed by atoms with Crippen molar-refractivity contribution in [3.8, 4) is 0 Å². The summed E-state index contributed by atoms with van der Waals surface area (Å²) >= 11 is 11.9. The molecule has 132 valence electrons. The van der Waals surface area contributed by atoms with Crippen molar-refractivity contribution >= 4 is 35.0 Å². The molecule has 2 N–H and O–H groups in total. The minimum absolute atomic E-state index is 0.112. The number of likely N-dealkylation sites (N-methyl/N-ethyl adjacent to an activating group) is 1. The van der Waals surface area contributed by atoms with Gasteiger partial charge >= 0.3 is 0 Å². The summed E-state index contributed by atoms with van der Waals surface area (Å²) in [6.45, 7) is 5.97. The maximum absolute atomic E-state index is 12.7. The number of rotatable bonds is 6. The van der Waals surface area contributed by atoms with Gasteiger partial charge in [0.15, 0.2) is 0 Å². The van der Waals surface area contributed by atoms with Gasteiger partial charge < -0.3 is 15.5 Å². The Morgan fingerprint density at radius 1 is 1.29 bits per heavy atom. The maximum Gasteiger partial charge on any atom is 0.254 e. The Labute approximate surface area is 152 Å². The van der Waals surface area contributed by atoms with E-state index in [1.807, 2.05) is 13.8 Å². The van der Waals surface area contributed by atoms with E-state index in [4.69, 9.17) is 23.2 Å². The molecule has 1 aliphatic rings. The van der Waals surface area contributed by atoms with E-state index in [1.165, 1.54) is 0 Å². The maximum atomic E-state index is 12.7. The van der Waals surface area contributed by atoms with Crippen LogP contribution in [0.15, 0.2) is 18.2 Å². The van der Waals surface area contributed by atoms with Crippen LogP contribution in [0.2, 0.25) is 10.0 Å². The van der Waals surface area contributed by atoms with Gasteiger partial charge in [-0.05, 0) is 44.5 Å². The highest BCUT2D eigenvalue weighted by atomic mass is 35.5. The fourth-order valence-electron chi connectivity index (χ4n) is 2.92. The molecule has 1 aromatic carbocycles. The molecule has 1 fully saturated rings. The number of hydrogen-bond donors (Lipinski definition) is 2. The quantitative estimate of drug-likeness (QED) is 0.807. The first kappa shape index (κ1) is 19.0. The van der Waals surface area contributed by atoms with Gasteiger partial charge in [-0.1, -0.05) is 30.1 Å². The molecular formula is C17H23Cl2N3O2. The van der Waals surface area contributed by atoms with Crippen molar-refractivity contribution in [2.45, 2.75) is 38.8 Å². The first-order chi connectivity index (χ1) is 11.4. The minimum atomic E-state index is -0.441. The number of halogens is 2. The van der Waals surface area contributed by atoms with Gasteiger partial charge in [-0.3, -0.25) is 9.59 Å². The van der Waals surface area contributed by atoms with Crippen LogP contribution in [-0.2, 0) is 4.79 Å². The van der Waals surface area contributed by atoms with Crippen LogP contribution in [0, 0.1) is 0 Å². The van der Waals surface area contributed by atoms with E-state index >= 15 is 0 Å². The molecule has 0 bridgehead atoms. The van der Waals surface area contributed by atoms with Crippen molar-refractivity contribution in [1.29, 1.82) is 0 Å². The Morgan fingerprint density at radius 2 is 1.96 bits per heavy atom. The smallest absolute Gasteiger partial charge is 0.254 e. The number of amides is 2. The summed E-state index contributed by atoms with van der Waals surface area (Å²) in [6.07, 6.45) is 1.47.